The van der Waals surface area contributed by atoms with E-state index < -0.39 is 0 Å². The fourth-order valence-corrected chi connectivity index (χ4v) is 2.40. The predicted octanol–water partition coefficient (Wildman–Crippen LogP) is 4.07. The Morgan fingerprint density at radius 2 is 1.88 bits per heavy atom. The van der Waals surface area contributed by atoms with Gasteiger partial charge in [0.25, 0.3) is 5.91 Å². The molecule has 0 aliphatic carbocycles. The number of aromatic nitrogens is 2. The van der Waals surface area contributed by atoms with Crippen LogP contribution in [0.1, 0.15) is 21.6 Å². The summed E-state index contributed by atoms with van der Waals surface area (Å²) in [5.74, 6) is 0.683. The highest BCUT2D eigenvalue weighted by molar-refractivity contribution is 6.30. The molecule has 0 spiro atoms. The topological polar surface area (TPSA) is 92.1 Å². The Morgan fingerprint density at radius 1 is 1.12 bits per heavy atom. The lowest BCUT2D eigenvalue weighted by molar-refractivity contribution is 0.102. The fourth-order valence-electron chi connectivity index (χ4n) is 2.27. The summed E-state index contributed by atoms with van der Waals surface area (Å²) in [6.45, 7) is 4.00. The minimum atomic E-state index is -0.318. The number of hydrogen-bond acceptors (Lipinski definition) is 6. The lowest BCUT2D eigenvalue weighted by Gasteiger charge is -2.09. The van der Waals surface area contributed by atoms with Gasteiger partial charge in [-0.25, -0.2) is 4.98 Å². The van der Waals surface area contributed by atoms with E-state index in [0.29, 0.717) is 34.5 Å². The summed E-state index contributed by atoms with van der Waals surface area (Å²) >= 11 is 5.85. The molecule has 3 rings (SSSR count). The SMILES string of the molecule is Cc1ccc(NCNc2onc(C)c2C(=O)Nc2ccc(Cl)cc2)nc1. The standard InChI is InChI=1S/C18H18ClN5O2/c1-11-3-8-15(20-9-11)21-10-22-18-16(12(2)24-26-18)17(25)23-14-6-4-13(19)5-7-14/h3-9,22H,10H2,1-2H3,(H,20,21)(H,23,25). The smallest absolute Gasteiger partial charge is 0.263 e. The van der Waals surface area contributed by atoms with Gasteiger partial charge in [0.15, 0.2) is 0 Å². The lowest BCUT2D eigenvalue weighted by Crippen LogP contribution is -2.17. The summed E-state index contributed by atoms with van der Waals surface area (Å²) < 4.78 is 5.23. The highest BCUT2D eigenvalue weighted by atomic mass is 35.5. The van der Waals surface area contributed by atoms with Gasteiger partial charge in [0.05, 0.1) is 12.4 Å². The summed E-state index contributed by atoms with van der Waals surface area (Å²) in [6.07, 6.45) is 1.77. The number of halogens is 1. The maximum Gasteiger partial charge on any atom is 0.263 e. The Kier molecular flexibility index (Phi) is 5.38. The molecule has 3 N–H and O–H groups in total. The number of rotatable bonds is 6. The molecule has 134 valence electrons. The van der Waals surface area contributed by atoms with Crippen LogP contribution in [0.15, 0.2) is 47.1 Å². The first kappa shape index (κ1) is 17.8. The van der Waals surface area contributed by atoms with Crippen molar-refractivity contribution >= 4 is 34.9 Å². The third-order valence-corrected chi connectivity index (χ3v) is 3.87. The number of amides is 1. The number of nitrogens with zero attached hydrogens (tertiary/aromatic N) is 2. The normalized spacial score (nSPS) is 10.4. The van der Waals surface area contributed by atoms with Crippen LogP contribution in [-0.4, -0.2) is 22.7 Å². The van der Waals surface area contributed by atoms with Gasteiger partial charge in [-0.1, -0.05) is 22.8 Å². The maximum atomic E-state index is 12.6. The molecule has 0 atom stereocenters. The maximum absolute atomic E-state index is 12.6. The number of benzene rings is 1. The van der Waals surface area contributed by atoms with Gasteiger partial charge < -0.3 is 20.5 Å². The van der Waals surface area contributed by atoms with Gasteiger partial charge in [0.1, 0.15) is 11.4 Å². The molecule has 0 fully saturated rings. The van der Waals surface area contributed by atoms with E-state index in [9.17, 15) is 4.79 Å². The molecule has 1 amide bonds. The molecule has 2 heterocycles. The van der Waals surface area contributed by atoms with E-state index in [-0.39, 0.29) is 11.8 Å². The van der Waals surface area contributed by atoms with Gasteiger partial charge in [0.2, 0.25) is 5.88 Å². The van der Waals surface area contributed by atoms with Gasteiger partial charge in [-0.3, -0.25) is 4.79 Å². The average molecular weight is 372 g/mol. The molecule has 0 bridgehead atoms. The van der Waals surface area contributed by atoms with Crippen molar-refractivity contribution in [1.82, 2.24) is 10.1 Å². The second-order valence-electron chi connectivity index (χ2n) is 5.68. The van der Waals surface area contributed by atoms with Gasteiger partial charge in [-0.05, 0) is 49.7 Å². The van der Waals surface area contributed by atoms with Crippen LogP contribution in [0.4, 0.5) is 17.4 Å². The fraction of sp³-hybridized carbons (Fsp3) is 0.167. The van der Waals surface area contributed by atoms with E-state index in [4.69, 9.17) is 16.1 Å². The molecule has 3 aromatic rings. The number of carbonyl (C=O) groups is 1. The first-order valence-corrected chi connectivity index (χ1v) is 8.34. The van der Waals surface area contributed by atoms with Crippen molar-refractivity contribution in [3.05, 3.63) is 64.4 Å². The van der Waals surface area contributed by atoms with Crippen molar-refractivity contribution in [3.8, 4) is 0 Å². The van der Waals surface area contributed by atoms with Crippen LogP contribution in [0.5, 0.6) is 0 Å². The Morgan fingerprint density at radius 3 is 2.58 bits per heavy atom. The van der Waals surface area contributed by atoms with Crippen molar-refractivity contribution < 1.29 is 9.32 Å². The van der Waals surface area contributed by atoms with E-state index in [1.807, 2.05) is 19.1 Å². The van der Waals surface area contributed by atoms with E-state index in [0.717, 1.165) is 5.56 Å². The number of hydrogen-bond donors (Lipinski definition) is 3. The van der Waals surface area contributed by atoms with Crippen LogP contribution >= 0.6 is 11.6 Å². The van der Waals surface area contributed by atoms with Crippen LogP contribution in [0.3, 0.4) is 0 Å². The minimum absolute atomic E-state index is 0.286. The molecule has 0 aliphatic heterocycles. The average Bonchev–Trinajstić information content (AvgIpc) is 2.99. The van der Waals surface area contributed by atoms with Gasteiger partial charge in [-0.2, -0.15) is 0 Å². The molecule has 2 aromatic heterocycles. The largest absolute Gasteiger partial charge is 0.353 e. The van der Waals surface area contributed by atoms with Gasteiger partial charge >= 0.3 is 0 Å². The Labute approximate surface area is 155 Å². The van der Waals surface area contributed by atoms with Gasteiger partial charge in [0, 0.05) is 16.9 Å². The van der Waals surface area contributed by atoms with Crippen molar-refractivity contribution in [2.75, 3.05) is 22.6 Å². The number of anilines is 3. The number of carbonyl (C=O) groups excluding carboxylic acids is 1. The lowest BCUT2D eigenvalue weighted by atomic mass is 10.2. The molecule has 1 aromatic carbocycles. The van der Waals surface area contributed by atoms with E-state index >= 15 is 0 Å². The zero-order valence-corrected chi connectivity index (χ0v) is 15.1. The zero-order chi connectivity index (χ0) is 18.5. The van der Waals surface area contributed by atoms with Crippen LogP contribution in [0.2, 0.25) is 5.02 Å². The summed E-state index contributed by atoms with van der Waals surface area (Å²) in [7, 11) is 0. The number of aryl methyl sites for hydroxylation is 2. The highest BCUT2D eigenvalue weighted by Gasteiger charge is 2.20. The predicted molar refractivity (Wildman–Crippen MR) is 102 cm³/mol. The molecule has 0 unspecified atom stereocenters. The molecule has 7 nitrogen and oxygen atoms in total. The summed E-state index contributed by atoms with van der Waals surface area (Å²) in [4.78, 5) is 16.8. The second kappa shape index (κ2) is 7.88. The zero-order valence-electron chi connectivity index (χ0n) is 14.3. The number of nitrogens with one attached hydrogen (secondary N) is 3. The third-order valence-electron chi connectivity index (χ3n) is 3.62. The Hall–Kier alpha value is -3.06. The van der Waals surface area contributed by atoms with E-state index in [1.54, 1.807) is 37.4 Å². The van der Waals surface area contributed by atoms with Crippen LogP contribution in [-0.2, 0) is 0 Å². The first-order valence-electron chi connectivity index (χ1n) is 7.96. The molecule has 0 radical (unpaired) electrons. The van der Waals surface area contributed by atoms with Crippen molar-refractivity contribution in [2.45, 2.75) is 13.8 Å². The van der Waals surface area contributed by atoms with Crippen molar-refractivity contribution in [3.63, 3.8) is 0 Å². The van der Waals surface area contributed by atoms with E-state index in [1.165, 1.54) is 0 Å². The second-order valence-corrected chi connectivity index (χ2v) is 6.12. The molecule has 0 aliphatic rings. The summed E-state index contributed by atoms with van der Waals surface area (Å²) in [5, 5.41) is 13.4. The quantitative estimate of drug-likeness (QED) is 0.565. The third kappa shape index (κ3) is 4.31. The summed E-state index contributed by atoms with van der Waals surface area (Å²) in [5.41, 5.74) is 2.55. The van der Waals surface area contributed by atoms with Crippen LogP contribution in [0, 0.1) is 13.8 Å². The molecule has 0 saturated carbocycles. The summed E-state index contributed by atoms with van der Waals surface area (Å²) in [6, 6.07) is 10.7. The van der Waals surface area contributed by atoms with Crippen LogP contribution in [0.25, 0.3) is 0 Å². The van der Waals surface area contributed by atoms with Crippen LogP contribution < -0.4 is 16.0 Å². The van der Waals surface area contributed by atoms with Gasteiger partial charge in [-0.15, -0.1) is 0 Å². The Bertz CT molecular complexity index is 891. The molecule has 26 heavy (non-hydrogen) atoms. The van der Waals surface area contributed by atoms with E-state index in [2.05, 4.69) is 26.1 Å². The Balaban J connectivity index is 1.64. The van der Waals surface area contributed by atoms with Crippen molar-refractivity contribution in [2.24, 2.45) is 0 Å². The van der Waals surface area contributed by atoms with Crippen molar-refractivity contribution in [1.29, 1.82) is 0 Å². The molecule has 8 heteroatoms. The molecular weight excluding hydrogens is 354 g/mol. The monoisotopic (exact) mass is 371 g/mol. The number of pyridine rings is 1. The minimum Gasteiger partial charge on any atom is -0.353 e. The molecule has 0 saturated heterocycles. The highest BCUT2D eigenvalue weighted by Crippen LogP contribution is 2.21. The first-order chi connectivity index (χ1) is 12.5. The molecular formula is C18H18ClN5O2.